The van der Waals surface area contributed by atoms with Gasteiger partial charge in [0.05, 0.1) is 35.2 Å². The van der Waals surface area contributed by atoms with Crippen LogP contribution in [0.3, 0.4) is 0 Å². The van der Waals surface area contributed by atoms with Gasteiger partial charge in [-0.25, -0.2) is 0 Å². The highest BCUT2D eigenvalue weighted by molar-refractivity contribution is 14.1. The average molecular weight is 628 g/mol. The first kappa shape index (κ1) is 26.9. The fraction of sp³-hybridized carbons (Fsp3) is 0.419. The number of halogens is 1. The minimum atomic E-state index is -0.284. The number of imide groups is 1. The Morgan fingerprint density at radius 3 is 2.66 bits per heavy atom. The highest BCUT2D eigenvalue weighted by atomic mass is 127. The van der Waals surface area contributed by atoms with E-state index in [-0.39, 0.29) is 41.4 Å². The molecule has 2 amide bonds. The minimum Gasteiger partial charge on any atom is -0.504 e. The summed E-state index contributed by atoms with van der Waals surface area (Å²) >= 11 is 2.12. The molecule has 3 aliphatic rings. The largest absolute Gasteiger partial charge is 0.504 e. The highest BCUT2D eigenvalue weighted by Crippen LogP contribution is 2.50. The molecular weight excluding hydrogens is 593 g/mol. The summed E-state index contributed by atoms with van der Waals surface area (Å²) in [5.74, 6) is 0.0450. The Labute approximate surface area is 237 Å². The second-order valence-electron chi connectivity index (χ2n) is 10.5. The molecule has 0 unspecified atom stereocenters. The van der Waals surface area contributed by atoms with E-state index in [1.54, 1.807) is 7.11 Å². The first-order chi connectivity index (χ1) is 18.3. The van der Waals surface area contributed by atoms with E-state index >= 15 is 0 Å². The number of hydrogen-bond donors (Lipinski definition) is 1. The number of phenols is 1. The molecule has 0 bridgehead atoms. The third-order valence-electron chi connectivity index (χ3n) is 8.12. The molecule has 5 rings (SSSR count). The number of fused-ring (bicyclic) bond motifs is 3. The summed E-state index contributed by atoms with van der Waals surface area (Å²) in [6, 6.07) is 14.1. The zero-order valence-electron chi connectivity index (χ0n) is 22.1. The summed E-state index contributed by atoms with van der Waals surface area (Å²) in [6.07, 6.45) is 5.07. The first-order valence-electron chi connectivity index (χ1n) is 13.3. The molecule has 1 N–H and O–H groups in total. The Bertz CT molecular complexity index is 1300. The summed E-state index contributed by atoms with van der Waals surface area (Å²) in [5.41, 5.74) is 5.69. The zero-order valence-corrected chi connectivity index (χ0v) is 24.2. The van der Waals surface area contributed by atoms with Gasteiger partial charge in [-0.05, 0) is 89.6 Å². The average Bonchev–Trinajstić information content (AvgIpc) is 3.44. The fourth-order valence-electron chi connectivity index (χ4n) is 6.41. The topological polar surface area (TPSA) is 76.1 Å². The molecule has 0 saturated carbocycles. The molecule has 0 spiro atoms. The van der Waals surface area contributed by atoms with Crippen molar-refractivity contribution >= 4 is 46.1 Å². The van der Waals surface area contributed by atoms with E-state index in [2.05, 4.69) is 47.7 Å². The van der Waals surface area contributed by atoms with Crippen LogP contribution in [-0.4, -0.2) is 48.2 Å². The van der Waals surface area contributed by atoms with Crippen molar-refractivity contribution in [3.8, 4) is 11.5 Å². The Morgan fingerprint density at radius 2 is 1.95 bits per heavy atom. The van der Waals surface area contributed by atoms with Crippen LogP contribution >= 0.6 is 22.6 Å². The first-order valence-corrected chi connectivity index (χ1v) is 14.4. The molecule has 2 aromatic carbocycles. The smallest absolute Gasteiger partial charge is 0.233 e. The molecule has 0 aromatic heterocycles. The molecule has 6 nitrogen and oxygen atoms in total. The molecule has 38 heavy (non-hydrogen) atoms. The number of nitrogens with zero attached hydrogens (tertiary/aromatic N) is 1. The number of phenolic OH excluding ortho intramolecular Hbond substituents is 1. The predicted molar refractivity (Wildman–Crippen MR) is 155 cm³/mol. The Balaban J connectivity index is 1.40. The Morgan fingerprint density at radius 1 is 1.18 bits per heavy atom. The van der Waals surface area contributed by atoms with Gasteiger partial charge in [-0.2, -0.15) is 0 Å². The molecule has 200 valence electrons. The summed E-state index contributed by atoms with van der Waals surface area (Å²) in [5, 5.41) is 10.3. The number of benzene rings is 2. The maximum absolute atomic E-state index is 13.2. The van der Waals surface area contributed by atoms with Crippen LogP contribution in [0.5, 0.6) is 11.5 Å². The van der Waals surface area contributed by atoms with Crippen LogP contribution in [0.2, 0.25) is 0 Å². The van der Waals surface area contributed by atoms with Crippen LogP contribution in [0.4, 0.5) is 0 Å². The van der Waals surface area contributed by atoms with Gasteiger partial charge in [0.1, 0.15) is 0 Å². The van der Waals surface area contributed by atoms with Gasteiger partial charge in [-0.1, -0.05) is 48.9 Å². The van der Waals surface area contributed by atoms with Crippen molar-refractivity contribution in [1.29, 1.82) is 0 Å². The van der Waals surface area contributed by atoms with Crippen LogP contribution in [-0.2, 0) is 14.3 Å². The molecule has 2 saturated heterocycles. The van der Waals surface area contributed by atoms with Crippen LogP contribution in [0.15, 0.2) is 53.6 Å². The van der Waals surface area contributed by atoms with Gasteiger partial charge in [0.15, 0.2) is 11.5 Å². The van der Waals surface area contributed by atoms with Crippen molar-refractivity contribution in [2.75, 3.05) is 20.3 Å². The highest BCUT2D eigenvalue weighted by Gasteiger charge is 2.56. The SMILES string of the molecule is CCCN1C(=O)[C@@H]2[C@@H](CC(C)=C3[C@@H](CC/C(=C/c4cc(I)c(O)c(OC)c4)c4ccccc4)OC[C@@H]32)C1=O. The molecule has 1 aliphatic carbocycles. The number of methoxy groups -OCH3 is 1. The molecule has 2 heterocycles. The van der Waals surface area contributed by atoms with Gasteiger partial charge in [0, 0.05) is 12.5 Å². The number of likely N-dealkylation sites (tertiary alicyclic amines) is 1. The summed E-state index contributed by atoms with van der Waals surface area (Å²) < 4.78 is 12.4. The fourth-order valence-corrected chi connectivity index (χ4v) is 7.04. The second kappa shape index (κ2) is 11.2. The van der Waals surface area contributed by atoms with E-state index in [9.17, 15) is 14.7 Å². The van der Waals surface area contributed by atoms with E-state index in [0.29, 0.717) is 25.3 Å². The quantitative estimate of drug-likeness (QED) is 0.167. The maximum atomic E-state index is 13.2. The van der Waals surface area contributed by atoms with Gasteiger partial charge in [0.25, 0.3) is 0 Å². The number of amides is 2. The van der Waals surface area contributed by atoms with E-state index in [4.69, 9.17) is 9.47 Å². The maximum Gasteiger partial charge on any atom is 0.233 e. The lowest BCUT2D eigenvalue weighted by Crippen LogP contribution is -2.34. The number of aromatic hydroxyl groups is 1. The number of ether oxygens (including phenoxy) is 2. The lowest BCUT2D eigenvalue weighted by atomic mass is 9.70. The number of carbonyl (C=O) groups is 2. The third kappa shape index (κ3) is 4.91. The molecule has 4 atom stereocenters. The van der Waals surface area contributed by atoms with Gasteiger partial charge >= 0.3 is 0 Å². The molecular formula is C31H34INO5. The van der Waals surface area contributed by atoms with E-state index in [1.807, 2.05) is 37.3 Å². The van der Waals surface area contributed by atoms with Crippen molar-refractivity contribution in [1.82, 2.24) is 4.90 Å². The predicted octanol–water partition coefficient (Wildman–Crippen LogP) is 6.07. The molecule has 2 aliphatic heterocycles. The number of carbonyl (C=O) groups excluding carboxylic acids is 2. The summed E-state index contributed by atoms with van der Waals surface area (Å²) in [4.78, 5) is 27.7. The van der Waals surface area contributed by atoms with Crippen molar-refractivity contribution in [2.45, 2.75) is 45.6 Å². The number of hydrogen-bond acceptors (Lipinski definition) is 5. The van der Waals surface area contributed by atoms with Crippen molar-refractivity contribution in [3.63, 3.8) is 0 Å². The van der Waals surface area contributed by atoms with Gasteiger partial charge in [0.2, 0.25) is 11.8 Å². The van der Waals surface area contributed by atoms with Crippen LogP contribution in [0.25, 0.3) is 11.6 Å². The lowest BCUT2D eigenvalue weighted by molar-refractivity contribution is -0.140. The third-order valence-corrected chi connectivity index (χ3v) is 8.95. The van der Waals surface area contributed by atoms with Crippen molar-refractivity contribution in [2.24, 2.45) is 17.8 Å². The lowest BCUT2D eigenvalue weighted by Gasteiger charge is -2.30. The number of allylic oxidation sites excluding steroid dienone is 2. The van der Waals surface area contributed by atoms with Gasteiger partial charge in [-0.3, -0.25) is 14.5 Å². The molecule has 7 heteroatoms. The zero-order chi connectivity index (χ0) is 27.0. The second-order valence-corrected chi connectivity index (χ2v) is 11.6. The number of rotatable bonds is 8. The van der Waals surface area contributed by atoms with Crippen LogP contribution in [0.1, 0.15) is 50.7 Å². The van der Waals surface area contributed by atoms with E-state index < -0.39 is 0 Å². The standard InChI is InChI=1S/C31H34INO5/c1-4-12-33-30(35)22-13-18(2)27-23(28(22)31(33)36)17-38-25(27)11-10-21(20-8-6-5-7-9-20)14-19-15-24(32)29(34)26(16-19)37-3/h5-9,14-16,22-23,25,28,34H,4,10-13,17H2,1-3H3/b21-14-/t22-,23+,25-,28-/m1/s1. The molecule has 2 fully saturated rings. The molecule has 2 aromatic rings. The van der Waals surface area contributed by atoms with E-state index in [1.165, 1.54) is 16.0 Å². The van der Waals surface area contributed by atoms with Crippen molar-refractivity contribution < 1.29 is 24.2 Å². The van der Waals surface area contributed by atoms with Gasteiger partial charge in [-0.15, -0.1) is 0 Å². The monoisotopic (exact) mass is 627 g/mol. The minimum absolute atomic E-state index is 0.00282. The van der Waals surface area contributed by atoms with Gasteiger partial charge < -0.3 is 14.6 Å². The van der Waals surface area contributed by atoms with E-state index in [0.717, 1.165) is 39.5 Å². The molecule has 0 radical (unpaired) electrons. The van der Waals surface area contributed by atoms with Crippen molar-refractivity contribution in [3.05, 3.63) is 68.3 Å². The van der Waals surface area contributed by atoms with Crippen LogP contribution < -0.4 is 4.74 Å². The Kier molecular flexibility index (Phi) is 7.95. The van der Waals surface area contributed by atoms with Crippen LogP contribution in [0, 0.1) is 21.3 Å². The summed E-state index contributed by atoms with van der Waals surface area (Å²) in [7, 11) is 1.56. The Hall–Kier alpha value is -2.65. The normalized spacial score (nSPS) is 25.2. The summed E-state index contributed by atoms with van der Waals surface area (Å²) in [6.45, 7) is 5.11.